The molecule has 12 nitrogen and oxygen atoms in total. The third-order valence-electron chi connectivity index (χ3n) is 4.62. The lowest BCUT2D eigenvalue weighted by atomic mass is 10.2. The van der Waals surface area contributed by atoms with Gasteiger partial charge in [0.25, 0.3) is 15.9 Å². The molecule has 1 N–H and O–H groups in total. The van der Waals surface area contributed by atoms with E-state index in [9.17, 15) is 18.0 Å². The molecule has 2 aromatic carbocycles. The second kappa shape index (κ2) is 10.2. The number of carbonyl (C=O) groups excluding carboxylic acids is 2. The number of anilines is 2. The van der Waals surface area contributed by atoms with Crippen LogP contribution in [0.1, 0.15) is 6.92 Å². The molecule has 0 aliphatic carbocycles. The van der Waals surface area contributed by atoms with E-state index in [-0.39, 0.29) is 28.8 Å². The number of carbonyl (C=O) groups is 2. The molecule has 4 rings (SSSR count). The number of azo groups is 1. The van der Waals surface area contributed by atoms with E-state index in [4.69, 9.17) is 4.74 Å². The van der Waals surface area contributed by atoms with Gasteiger partial charge in [-0.15, -0.1) is 0 Å². The number of para-hydroxylation sites is 1. The van der Waals surface area contributed by atoms with Gasteiger partial charge in [-0.05, 0) is 49.4 Å². The molecule has 0 bridgehead atoms. The van der Waals surface area contributed by atoms with Crippen molar-refractivity contribution < 1.29 is 22.7 Å². The Bertz CT molecular complexity index is 1380. The van der Waals surface area contributed by atoms with E-state index in [1.54, 1.807) is 43.3 Å². The fourth-order valence-corrected chi connectivity index (χ4v) is 3.97. The predicted molar refractivity (Wildman–Crippen MR) is 126 cm³/mol. The number of aromatic nitrogens is 2. The minimum absolute atomic E-state index is 0.0510. The van der Waals surface area contributed by atoms with E-state index in [1.165, 1.54) is 36.7 Å². The Morgan fingerprint density at radius 3 is 2.40 bits per heavy atom. The number of esters is 1. The maximum Gasteiger partial charge on any atom is 0.357 e. The van der Waals surface area contributed by atoms with Crippen LogP contribution in [0.4, 0.5) is 17.3 Å². The maximum atomic E-state index is 13.0. The van der Waals surface area contributed by atoms with Gasteiger partial charge >= 0.3 is 5.97 Å². The van der Waals surface area contributed by atoms with Crippen LogP contribution in [0.25, 0.3) is 0 Å². The van der Waals surface area contributed by atoms with Gasteiger partial charge in [0.05, 0.1) is 22.9 Å². The number of amides is 1. The van der Waals surface area contributed by atoms with Crippen LogP contribution in [0, 0.1) is 0 Å². The summed E-state index contributed by atoms with van der Waals surface area (Å²) in [5.74, 6) is -1.42. The number of hydrogen-bond donors (Lipinski definition) is 1. The summed E-state index contributed by atoms with van der Waals surface area (Å²) >= 11 is 0. The molecule has 1 aromatic heterocycles. The molecule has 2 heterocycles. The number of benzene rings is 2. The van der Waals surface area contributed by atoms with Crippen LogP contribution in [0.5, 0.6) is 0 Å². The first-order valence-corrected chi connectivity index (χ1v) is 11.8. The lowest BCUT2D eigenvalue weighted by Gasteiger charge is -2.11. The van der Waals surface area contributed by atoms with Crippen LogP contribution >= 0.6 is 0 Å². The smallest absolute Gasteiger partial charge is 0.357 e. The Balaban J connectivity index is 1.54. The van der Waals surface area contributed by atoms with E-state index in [2.05, 4.69) is 30.0 Å². The van der Waals surface area contributed by atoms with Crippen molar-refractivity contribution in [3.8, 4) is 0 Å². The highest BCUT2D eigenvalue weighted by Gasteiger charge is 2.41. The molecular formula is C22H19N7O5S. The van der Waals surface area contributed by atoms with Gasteiger partial charge in [0, 0.05) is 12.4 Å². The Kier molecular flexibility index (Phi) is 6.87. The highest BCUT2D eigenvalue weighted by atomic mass is 32.2. The molecule has 0 saturated carbocycles. The Morgan fingerprint density at radius 2 is 1.74 bits per heavy atom. The molecule has 1 atom stereocenters. The van der Waals surface area contributed by atoms with Crippen molar-refractivity contribution in [2.45, 2.75) is 17.9 Å². The summed E-state index contributed by atoms with van der Waals surface area (Å²) in [5.41, 5.74) is 0.520. The number of ether oxygens (including phenoxy) is 1. The van der Waals surface area contributed by atoms with Crippen molar-refractivity contribution in [1.82, 2.24) is 9.97 Å². The largest absolute Gasteiger partial charge is 0.461 e. The van der Waals surface area contributed by atoms with E-state index >= 15 is 0 Å². The van der Waals surface area contributed by atoms with Gasteiger partial charge in [0.15, 0.2) is 5.71 Å². The zero-order chi connectivity index (χ0) is 24.8. The summed E-state index contributed by atoms with van der Waals surface area (Å²) in [6, 6.07) is 14.2. The molecule has 1 amide bonds. The first-order valence-electron chi connectivity index (χ1n) is 10.3. The highest BCUT2D eigenvalue weighted by molar-refractivity contribution is 7.92. The molecule has 0 spiro atoms. The van der Waals surface area contributed by atoms with Crippen LogP contribution in [0.2, 0.25) is 0 Å². The summed E-state index contributed by atoms with van der Waals surface area (Å²) in [6.45, 7) is 1.73. The average molecular weight is 494 g/mol. The number of sulfonamides is 1. The molecule has 0 unspecified atom stereocenters. The zero-order valence-corrected chi connectivity index (χ0v) is 19.2. The number of nitrogens with zero attached hydrogens (tertiary/aromatic N) is 6. The number of hydrogen-bond acceptors (Lipinski definition) is 10. The minimum Gasteiger partial charge on any atom is -0.461 e. The van der Waals surface area contributed by atoms with Gasteiger partial charge in [-0.2, -0.15) is 20.3 Å². The van der Waals surface area contributed by atoms with Crippen molar-refractivity contribution in [1.29, 1.82) is 0 Å². The minimum atomic E-state index is -3.92. The molecular weight excluding hydrogens is 474 g/mol. The Morgan fingerprint density at radius 1 is 1.06 bits per heavy atom. The lowest BCUT2D eigenvalue weighted by molar-refractivity contribution is -0.135. The van der Waals surface area contributed by atoms with E-state index in [1.807, 2.05) is 0 Å². The third-order valence-corrected chi connectivity index (χ3v) is 5.97. The second-order valence-electron chi connectivity index (χ2n) is 6.98. The highest BCUT2D eigenvalue weighted by Crippen LogP contribution is 2.24. The fourth-order valence-electron chi connectivity index (χ4n) is 3.01. The van der Waals surface area contributed by atoms with Crippen molar-refractivity contribution in [3.63, 3.8) is 0 Å². The van der Waals surface area contributed by atoms with E-state index in [0.717, 1.165) is 5.01 Å². The first kappa shape index (κ1) is 23.6. The summed E-state index contributed by atoms with van der Waals surface area (Å²) in [7, 11) is -3.92. The molecule has 35 heavy (non-hydrogen) atoms. The van der Waals surface area contributed by atoms with Gasteiger partial charge < -0.3 is 4.74 Å². The predicted octanol–water partition coefficient (Wildman–Crippen LogP) is 2.70. The number of rotatable bonds is 8. The summed E-state index contributed by atoms with van der Waals surface area (Å²) in [5, 5.41) is 13.2. The van der Waals surface area contributed by atoms with E-state index < -0.39 is 27.9 Å². The normalized spacial score (nSPS) is 15.8. The van der Waals surface area contributed by atoms with E-state index in [0.29, 0.717) is 5.69 Å². The Labute approximate surface area is 200 Å². The fraction of sp³-hybridized carbons (Fsp3) is 0.136. The lowest BCUT2D eigenvalue weighted by Crippen LogP contribution is -2.33. The van der Waals surface area contributed by atoms with Crippen LogP contribution in [-0.4, -0.2) is 48.6 Å². The van der Waals surface area contributed by atoms with Gasteiger partial charge in [-0.25, -0.2) is 27.9 Å². The van der Waals surface area contributed by atoms with Gasteiger partial charge in [-0.3, -0.25) is 4.79 Å². The third kappa shape index (κ3) is 5.35. The molecule has 13 heteroatoms. The topological polar surface area (TPSA) is 156 Å². The molecule has 0 radical (unpaired) electrons. The van der Waals surface area contributed by atoms with Gasteiger partial charge in [0.2, 0.25) is 12.0 Å². The van der Waals surface area contributed by atoms with Crippen LogP contribution in [0.3, 0.4) is 0 Å². The standard InChI is InChI=1S/C22H19N7O5S/c1-2-34-21(31)19-18(20(30)29(27-19)16-7-4-3-5-8-16)26-25-15-9-11-17(12-10-15)35(32,33)28-22-23-13-6-14-24-22/h3-14,18H,2H2,1H3,(H,23,24,28)/t18-/m0/s1. The SMILES string of the molecule is CCOC(=O)C1=NN(c2ccccc2)C(=O)[C@H]1N=Nc1ccc(S(=O)(=O)Nc2ncccn2)cc1. The van der Waals surface area contributed by atoms with Gasteiger partial charge in [-0.1, -0.05) is 18.2 Å². The quantitative estimate of drug-likeness (QED) is 0.373. The van der Waals surface area contributed by atoms with Gasteiger partial charge in [0.1, 0.15) is 0 Å². The maximum absolute atomic E-state index is 13.0. The van der Waals surface area contributed by atoms with Crippen molar-refractivity contribution in [3.05, 3.63) is 73.1 Å². The average Bonchev–Trinajstić information content (AvgIpc) is 3.20. The molecule has 178 valence electrons. The molecule has 0 saturated heterocycles. The summed E-state index contributed by atoms with van der Waals surface area (Å²) < 4.78 is 32.3. The van der Waals surface area contributed by atoms with Crippen LogP contribution in [0.15, 0.2) is 93.3 Å². The number of hydrazone groups is 1. The monoisotopic (exact) mass is 493 g/mol. The molecule has 0 fully saturated rings. The number of nitrogens with one attached hydrogen (secondary N) is 1. The van der Waals surface area contributed by atoms with Crippen molar-refractivity contribution in [2.75, 3.05) is 16.3 Å². The summed E-state index contributed by atoms with van der Waals surface area (Å²) in [4.78, 5) is 32.9. The van der Waals surface area contributed by atoms with Crippen molar-refractivity contribution >= 4 is 44.9 Å². The van der Waals surface area contributed by atoms with Crippen LogP contribution < -0.4 is 9.73 Å². The second-order valence-corrected chi connectivity index (χ2v) is 8.66. The van der Waals surface area contributed by atoms with Crippen LogP contribution in [-0.2, 0) is 24.3 Å². The zero-order valence-electron chi connectivity index (χ0n) is 18.3. The summed E-state index contributed by atoms with van der Waals surface area (Å²) in [6.07, 6.45) is 2.82. The first-order chi connectivity index (χ1) is 16.9. The van der Waals surface area contributed by atoms with Crippen molar-refractivity contribution in [2.24, 2.45) is 15.3 Å². The molecule has 1 aliphatic rings. The Hall–Kier alpha value is -4.52. The molecule has 3 aromatic rings. The molecule has 1 aliphatic heterocycles.